The standard InChI is InChI=1S/C22H17F4N3O2/c1-3-9-21(30-4-2,16-12-27-14-28-13-16)20-8-5-15(11-29-20)18-7-6-17(10-19(18)23)31-22(24,25)26/h5-8,10-14H,4H2,1-2H3. The molecule has 0 saturated heterocycles. The Morgan fingerprint density at radius 3 is 2.32 bits per heavy atom. The smallest absolute Gasteiger partial charge is 0.406 e. The molecule has 2 aromatic heterocycles. The molecular formula is C22H17F4N3O2. The summed E-state index contributed by atoms with van der Waals surface area (Å²) in [6.45, 7) is 3.79. The first-order valence-corrected chi connectivity index (χ1v) is 9.14. The first kappa shape index (κ1) is 22.2. The Labute approximate surface area is 176 Å². The minimum atomic E-state index is -4.90. The van der Waals surface area contributed by atoms with Gasteiger partial charge in [0, 0.05) is 48.0 Å². The minimum Gasteiger partial charge on any atom is -0.406 e. The third-order valence-electron chi connectivity index (χ3n) is 4.24. The van der Waals surface area contributed by atoms with Crippen molar-refractivity contribution in [1.29, 1.82) is 0 Å². The van der Waals surface area contributed by atoms with Crippen molar-refractivity contribution in [3.05, 3.63) is 72.3 Å². The molecular weight excluding hydrogens is 414 g/mol. The van der Waals surface area contributed by atoms with Gasteiger partial charge in [0.05, 0.1) is 5.69 Å². The molecule has 0 aliphatic carbocycles. The van der Waals surface area contributed by atoms with Crippen LogP contribution in [-0.2, 0) is 10.3 Å². The average molecular weight is 431 g/mol. The molecule has 160 valence electrons. The number of alkyl halides is 3. The number of rotatable bonds is 6. The third-order valence-corrected chi connectivity index (χ3v) is 4.24. The predicted molar refractivity (Wildman–Crippen MR) is 104 cm³/mol. The Balaban J connectivity index is 2.00. The highest BCUT2D eigenvalue weighted by Gasteiger charge is 2.36. The Hall–Kier alpha value is -3.51. The summed E-state index contributed by atoms with van der Waals surface area (Å²) in [5.41, 5.74) is 0.205. The fraction of sp³-hybridized carbons (Fsp3) is 0.227. The lowest BCUT2D eigenvalue weighted by Crippen LogP contribution is -2.31. The summed E-state index contributed by atoms with van der Waals surface area (Å²) in [4.78, 5) is 12.4. The van der Waals surface area contributed by atoms with E-state index >= 15 is 0 Å². The van der Waals surface area contributed by atoms with E-state index in [-0.39, 0.29) is 5.56 Å². The summed E-state index contributed by atoms with van der Waals surface area (Å²) >= 11 is 0. The molecule has 0 amide bonds. The van der Waals surface area contributed by atoms with Crippen molar-refractivity contribution in [1.82, 2.24) is 15.0 Å². The predicted octanol–water partition coefficient (Wildman–Crippen LogP) is 4.88. The van der Waals surface area contributed by atoms with Gasteiger partial charge >= 0.3 is 6.36 Å². The van der Waals surface area contributed by atoms with E-state index in [0.29, 0.717) is 29.5 Å². The van der Waals surface area contributed by atoms with Crippen LogP contribution >= 0.6 is 0 Å². The first-order chi connectivity index (χ1) is 14.8. The lowest BCUT2D eigenvalue weighted by molar-refractivity contribution is -0.274. The van der Waals surface area contributed by atoms with Crippen LogP contribution in [0.15, 0.2) is 55.2 Å². The van der Waals surface area contributed by atoms with E-state index in [1.54, 1.807) is 31.5 Å². The maximum absolute atomic E-state index is 14.4. The molecule has 0 bridgehead atoms. The fourth-order valence-corrected chi connectivity index (χ4v) is 3.04. The molecule has 1 unspecified atom stereocenters. The van der Waals surface area contributed by atoms with Gasteiger partial charge in [-0.05, 0) is 32.0 Å². The normalized spacial score (nSPS) is 13.1. The molecule has 1 atom stereocenters. The van der Waals surface area contributed by atoms with Crippen LogP contribution in [-0.4, -0.2) is 27.9 Å². The van der Waals surface area contributed by atoms with E-state index in [2.05, 4.69) is 31.5 Å². The maximum atomic E-state index is 14.4. The van der Waals surface area contributed by atoms with Crippen LogP contribution in [0.3, 0.4) is 0 Å². The molecule has 0 aliphatic rings. The number of halogens is 4. The Morgan fingerprint density at radius 2 is 1.77 bits per heavy atom. The van der Waals surface area contributed by atoms with Gasteiger partial charge in [0.25, 0.3) is 0 Å². The van der Waals surface area contributed by atoms with Crippen molar-refractivity contribution in [2.75, 3.05) is 6.61 Å². The number of aromatic nitrogens is 3. The molecule has 3 aromatic rings. The van der Waals surface area contributed by atoms with Gasteiger partial charge in [-0.15, -0.1) is 19.1 Å². The number of pyridine rings is 1. The van der Waals surface area contributed by atoms with Crippen molar-refractivity contribution in [2.24, 2.45) is 0 Å². The van der Waals surface area contributed by atoms with Crippen molar-refractivity contribution in [2.45, 2.75) is 25.8 Å². The molecule has 0 aliphatic heterocycles. The van der Waals surface area contributed by atoms with Crippen molar-refractivity contribution in [3.8, 4) is 28.7 Å². The number of benzene rings is 1. The molecule has 2 heterocycles. The van der Waals surface area contributed by atoms with Gasteiger partial charge in [-0.1, -0.05) is 12.0 Å². The van der Waals surface area contributed by atoms with Crippen LogP contribution in [0.2, 0.25) is 0 Å². The van der Waals surface area contributed by atoms with Gasteiger partial charge in [-0.2, -0.15) is 0 Å². The molecule has 0 radical (unpaired) electrons. The summed E-state index contributed by atoms with van der Waals surface area (Å²) in [6, 6.07) is 6.10. The molecule has 9 heteroatoms. The Morgan fingerprint density at radius 1 is 1.03 bits per heavy atom. The second kappa shape index (κ2) is 9.10. The Kier molecular flexibility index (Phi) is 6.51. The van der Waals surface area contributed by atoms with Crippen LogP contribution in [0.25, 0.3) is 11.1 Å². The van der Waals surface area contributed by atoms with Crippen LogP contribution < -0.4 is 4.74 Å². The second-order valence-electron chi connectivity index (χ2n) is 6.24. The molecule has 0 spiro atoms. The number of hydrogen-bond acceptors (Lipinski definition) is 5. The summed E-state index contributed by atoms with van der Waals surface area (Å²) in [6.07, 6.45) is 1.02. The lowest BCUT2D eigenvalue weighted by Gasteiger charge is -2.28. The van der Waals surface area contributed by atoms with Crippen LogP contribution in [0, 0.1) is 17.7 Å². The maximum Gasteiger partial charge on any atom is 0.573 e. The second-order valence-corrected chi connectivity index (χ2v) is 6.24. The summed E-state index contributed by atoms with van der Waals surface area (Å²) in [7, 11) is 0. The van der Waals surface area contributed by atoms with Gasteiger partial charge in [0.15, 0.2) is 5.60 Å². The van der Waals surface area contributed by atoms with E-state index in [0.717, 1.165) is 6.07 Å². The molecule has 0 fully saturated rings. The highest BCUT2D eigenvalue weighted by Crippen LogP contribution is 2.34. The van der Waals surface area contributed by atoms with Crippen LogP contribution in [0.1, 0.15) is 25.1 Å². The monoisotopic (exact) mass is 431 g/mol. The topological polar surface area (TPSA) is 57.1 Å². The first-order valence-electron chi connectivity index (χ1n) is 9.14. The largest absolute Gasteiger partial charge is 0.573 e. The van der Waals surface area contributed by atoms with E-state index in [9.17, 15) is 17.6 Å². The quantitative estimate of drug-likeness (QED) is 0.411. The van der Waals surface area contributed by atoms with E-state index in [1.807, 2.05) is 6.92 Å². The molecule has 5 nitrogen and oxygen atoms in total. The van der Waals surface area contributed by atoms with Crippen molar-refractivity contribution in [3.63, 3.8) is 0 Å². The zero-order valence-corrected chi connectivity index (χ0v) is 16.6. The summed E-state index contributed by atoms with van der Waals surface area (Å²) in [5.74, 6) is 4.33. The van der Waals surface area contributed by atoms with E-state index < -0.39 is 23.5 Å². The molecule has 0 N–H and O–H groups in total. The highest BCUT2D eigenvalue weighted by atomic mass is 19.4. The Bertz CT molecular complexity index is 1090. The fourth-order valence-electron chi connectivity index (χ4n) is 3.04. The van der Waals surface area contributed by atoms with E-state index in [4.69, 9.17) is 4.74 Å². The minimum absolute atomic E-state index is 0.0696. The SMILES string of the molecule is CC#CC(OCC)(c1cncnc1)c1ccc(-c2ccc(OC(F)(F)F)cc2F)cn1. The van der Waals surface area contributed by atoms with Gasteiger partial charge < -0.3 is 9.47 Å². The van der Waals surface area contributed by atoms with Gasteiger partial charge in [-0.3, -0.25) is 4.98 Å². The van der Waals surface area contributed by atoms with Crippen LogP contribution in [0.5, 0.6) is 5.75 Å². The number of ether oxygens (including phenoxy) is 2. The van der Waals surface area contributed by atoms with Crippen LogP contribution in [0.4, 0.5) is 17.6 Å². The van der Waals surface area contributed by atoms with Gasteiger partial charge in [0.2, 0.25) is 0 Å². The van der Waals surface area contributed by atoms with E-state index in [1.165, 1.54) is 18.6 Å². The summed E-state index contributed by atoms with van der Waals surface area (Å²) < 4.78 is 61.1. The van der Waals surface area contributed by atoms with Gasteiger partial charge in [-0.25, -0.2) is 14.4 Å². The van der Waals surface area contributed by atoms with Gasteiger partial charge in [0.1, 0.15) is 17.9 Å². The molecule has 3 rings (SSSR count). The highest BCUT2D eigenvalue weighted by molar-refractivity contribution is 5.64. The molecule has 0 saturated carbocycles. The third kappa shape index (κ3) is 4.98. The molecule has 31 heavy (non-hydrogen) atoms. The lowest BCUT2D eigenvalue weighted by atomic mass is 9.91. The summed E-state index contributed by atoms with van der Waals surface area (Å²) in [5, 5.41) is 0. The van der Waals surface area contributed by atoms with Crippen molar-refractivity contribution >= 4 is 0 Å². The zero-order valence-electron chi connectivity index (χ0n) is 16.6. The average Bonchev–Trinajstić information content (AvgIpc) is 2.73. The van der Waals surface area contributed by atoms with Crippen molar-refractivity contribution < 1.29 is 27.0 Å². The number of nitrogens with zero attached hydrogens (tertiary/aromatic N) is 3. The number of hydrogen-bond donors (Lipinski definition) is 0. The zero-order chi connectivity index (χ0) is 22.5. The molecule has 1 aromatic carbocycles.